The molecule has 1 heterocycles. The van der Waals surface area contributed by atoms with Gasteiger partial charge in [-0.05, 0) is 23.3 Å². The van der Waals surface area contributed by atoms with Crippen LogP contribution in [-0.2, 0) is 13.1 Å². The number of amides is 4. The van der Waals surface area contributed by atoms with Crippen LogP contribution < -0.4 is 16.4 Å². The van der Waals surface area contributed by atoms with E-state index in [-0.39, 0.29) is 30.9 Å². The van der Waals surface area contributed by atoms with E-state index in [9.17, 15) is 14.4 Å². The highest BCUT2D eigenvalue weighted by molar-refractivity contribution is 6.21. The summed E-state index contributed by atoms with van der Waals surface area (Å²) in [5.74, 6) is -0.655. The molecule has 1 aliphatic heterocycles. The van der Waals surface area contributed by atoms with Crippen molar-refractivity contribution in [2.24, 2.45) is 5.73 Å². The van der Waals surface area contributed by atoms with Crippen molar-refractivity contribution in [3.05, 3.63) is 70.8 Å². The number of nitrogens with one attached hydrogen (secondary N) is 2. The van der Waals surface area contributed by atoms with Crippen LogP contribution >= 0.6 is 0 Å². The number of hydrogen-bond donors (Lipinski definition) is 3. The molecule has 0 fully saturated rings. The summed E-state index contributed by atoms with van der Waals surface area (Å²) in [5.41, 5.74) is 8.35. The third-order valence-corrected chi connectivity index (χ3v) is 4.18. The number of rotatable bonds is 6. The molecule has 2 aromatic rings. The van der Waals surface area contributed by atoms with Gasteiger partial charge < -0.3 is 16.4 Å². The quantitative estimate of drug-likeness (QED) is 0.680. The van der Waals surface area contributed by atoms with Crippen molar-refractivity contribution in [3.8, 4) is 0 Å². The minimum absolute atomic E-state index is 0.127. The molecule has 26 heavy (non-hydrogen) atoms. The average molecular weight is 352 g/mol. The molecule has 0 aromatic heterocycles. The first kappa shape index (κ1) is 17.6. The Morgan fingerprint density at radius 2 is 1.58 bits per heavy atom. The van der Waals surface area contributed by atoms with Gasteiger partial charge in [0.05, 0.1) is 11.1 Å². The summed E-state index contributed by atoms with van der Waals surface area (Å²) < 4.78 is 0. The molecule has 7 heteroatoms. The SMILES string of the molecule is NCc1cccc(CNC(=O)NCCN2C(=O)c3ccccc3C2=O)c1. The minimum Gasteiger partial charge on any atom is -0.336 e. The van der Waals surface area contributed by atoms with Crippen LogP contribution in [0.2, 0.25) is 0 Å². The molecule has 0 aliphatic carbocycles. The second-order valence-electron chi connectivity index (χ2n) is 5.94. The van der Waals surface area contributed by atoms with Crippen LogP contribution in [-0.4, -0.2) is 35.8 Å². The van der Waals surface area contributed by atoms with Crippen molar-refractivity contribution in [1.29, 1.82) is 0 Å². The van der Waals surface area contributed by atoms with Gasteiger partial charge in [-0.2, -0.15) is 0 Å². The highest BCUT2D eigenvalue weighted by atomic mass is 16.2. The molecule has 0 saturated heterocycles. The Labute approximate surface area is 151 Å². The highest BCUT2D eigenvalue weighted by Crippen LogP contribution is 2.21. The maximum Gasteiger partial charge on any atom is 0.315 e. The topological polar surface area (TPSA) is 105 Å². The van der Waals surface area contributed by atoms with Crippen LogP contribution in [0.25, 0.3) is 0 Å². The molecule has 7 nitrogen and oxygen atoms in total. The predicted molar refractivity (Wildman–Crippen MR) is 96.4 cm³/mol. The third-order valence-electron chi connectivity index (χ3n) is 4.18. The lowest BCUT2D eigenvalue weighted by molar-refractivity contribution is 0.0656. The monoisotopic (exact) mass is 352 g/mol. The zero-order chi connectivity index (χ0) is 18.5. The van der Waals surface area contributed by atoms with Crippen molar-refractivity contribution in [1.82, 2.24) is 15.5 Å². The van der Waals surface area contributed by atoms with Gasteiger partial charge >= 0.3 is 6.03 Å². The first-order valence-electron chi connectivity index (χ1n) is 8.35. The molecule has 1 aliphatic rings. The van der Waals surface area contributed by atoms with Gasteiger partial charge in [-0.15, -0.1) is 0 Å². The Morgan fingerprint density at radius 1 is 0.923 bits per heavy atom. The summed E-state index contributed by atoms with van der Waals surface area (Å²) in [7, 11) is 0. The second kappa shape index (κ2) is 7.79. The van der Waals surface area contributed by atoms with Crippen molar-refractivity contribution in [3.63, 3.8) is 0 Å². The average Bonchev–Trinajstić information content (AvgIpc) is 2.92. The Hall–Kier alpha value is -3.19. The summed E-state index contributed by atoms with van der Waals surface area (Å²) in [6, 6.07) is 14.0. The van der Waals surface area contributed by atoms with E-state index in [0.29, 0.717) is 24.2 Å². The lowest BCUT2D eigenvalue weighted by Crippen LogP contribution is -2.41. The number of carbonyl (C=O) groups excluding carboxylic acids is 3. The normalized spacial score (nSPS) is 12.9. The Balaban J connectivity index is 1.46. The number of fused-ring (bicyclic) bond motifs is 1. The highest BCUT2D eigenvalue weighted by Gasteiger charge is 2.34. The molecule has 134 valence electrons. The molecule has 0 spiro atoms. The smallest absolute Gasteiger partial charge is 0.315 e. The number of benzene rings is 2. The van der Waals surface area contributed by atoms with Gasteiger partial charge in [-0.3, -0.25) is 14.5 Å². The van der Waals surface area contributed by atoms with Crippen molar-refractivity contribution in [2.45, 2.75) is 13.1 Å². The van der Waals surface area contributed by atoms with Gasteiger partial charge in [0.1, 0.15) is 0 Å². The van der Waals surface area contributed by atoms with Crippen LogP contribution in [0.5, 0.6) is 0 Å². The van der Waals surface area contributed by atoms with E-state index in [1.54, 1.807) is 24.3 Å². The number of imide groups is 1. The molecule has 0 saturated carbocycles. The lowest BCUT2D eigenvalue weighted by Gasteiger charge is -2.14. The molecular weight excluding hydrogens is 332 g/mol. The van der Waals surface area contributed by atoms with Crippen molar-refractivity contribution < 1.29 is 14.4 Å². The van der Waals surface area contributed by atoms with Gasteiger partial charge in [0.2, 0.25) is 0 Å². The largest absolute Gasteiger partial charge is 0.336 e. The second-order valence-corrected chi connectivity index (χ2v) is 5.94. The first-order valence-corrected chi connectivity index (χ1v) is 8.35. The molecule has 4 N–H and O–H groups in total. The summed E-state index contributed by atoms with van der Waals surface area (Å²) in [6.45, 7) is 1.12. The van der Waals surface area contributed by atoms with Crippen LogP contribution in [0.15, 0.2) is 48.5 Å². The van der Waals surface area contributed by atoms with E-state index in [0.717, 1.165) is 16.0 Å². The summed E-state index contributed by atoms with van der Waals surface area (Å²) >= 11 is 0. The number of urea groups is 1. The maximum absolute atomic E-state index is 12.2. The number of carbonyl (C=O) groups is 3. The molecule has 0 bridgehead atoms. The van der Waals surface area contributed by atoms with E-state index in [1.165, 1.54) is 0 Å². The van der Waals surface area contributed by atoms with E-state index >= 15 is 0 Å². The molecule has 0 atom stereocenters. The molecule has 0 radical (unpaired) electrons. The maximum atomic E-state index is 12.2. The van der Waals surface area contributed by atoms with Crippen LogP contribution in [0.3, 0.4) is 0 Å². The van der Waals surface area contributed by atoms with Crippen LogP contribution in [0.1, 0.15) is 31.8 Å². The zero-order valence-electron chi connectivity index (χ0n) is 14.2. The molecular formula is C19H20N4O3. The van der Waals surface area contributed by atoms with Gasteiger partial charge in [-0.25, -0.2) is 4.79 Å². The van der Waals surface area contributed by atoms with E-state index < -0.39 is 0 Å². The molecule has 4 amide bonds. The Morgan fingerprint density at radius 3 is 2.23 bits per heavy atom. The van der Waals surface area contributed by atoms with E-state index in [1.807, 2.05) is 24.3 Å². The molecule has 3 rings (SSSR count). The number of hydrogen-bond acceptors (Lipinski definition) is 4. The fraction of sp³-hybridized carbons (Fsp3) is 0.211. The number of nitrogens with two attached hydrogens (primary N) is 1. The van der Waals surface area contributed by atoms with E-state index in [2.05, 4.69) is 10.6 Å². The van der Waals surface area contributed by atoms with Crippen molar-refractivity contribution >= 4 is 17.8 Å². The lowest BCUT2D eigenvalue weighted by atomic mass is 10.1. The third kappa shape index (κ3) is 3.73. The van der Waals surface area contributed by atoms with E-state index in [4.69, 9.17) is 5.73 Å². The Bertz CT molecular complexity index is 815. The predicted octanol–water partition coefficient (Wildman–Crippen LogP) is 1.24. The van der Waals surface area contributed by atoms with Crippen LogP contribution in [0, 0.1) is 0 Å². The zero-order valence-corrected chi connectivity index (χ0v) is 14.2. The number of nitrogens with zero attached hydrogens (tertiary/aromatic N) is 1. The molecule has 0 unspecified atom stereocenters. The minimum atomic E-state index is -0.361. The fourth-order valence-corrected chi connectivity index (χ4v) is 2.83. The Kier molecular flexibility index (Phi) is 5.28. The summed E-state index contributed by atoms with van der Waals surface area (Å²) in [5, 5.41) is 5.39. The van der Waals surface area contributed by atoms with Crippen LogP contribution in [0.4, 0.5) is 4.79 Å². The van der Waals surface area contributed by atoms with Gasteiger partial charge in [-0.1, -0.05) is 36.4 Å². The van der Waals surface area contributed by atoms with Crippen molar-refractivity contribution in [2.75, 3.05) is 13.1 Å². The fourth-order valence-electron chi connectivity index (χ4n) is 2.83. The first-order chi connectivity index (χ1) is 12.6. The van der Waals surface area contributed by atoms with Gasteiger partial charge in [0, 0.05) is 26.2 Å². The van der Waals surface area contributed by atoms with Gasteiger partial charge in [0.25, 0.3) is 11.8 Å². The summed E-state index contributed by atoms with van der Waals surface area (Å²) in [4.78, 5) is 37.5. The molecule has 2 aromatic carbocycles. The standard InChI is InChI=1S/C19H20N4O3/c20-11-13-4-3-5-14(10-13)12-22-19(26)21-8-9-23-17(24)15-6-1-2-7-16(15)18(23)25/h1-7,10H,8-9,11-12,20H2,(H2,21,22,26). The van der Waals surface area contributed by atoms with Gasteiger partial charge in [0.15, 0.2) is 0 Å². The summed E-state index contributed by atoms with van der Waals surface area (Å²) in [6.07, 6.45) is 0.